The van der Waals surface area contributed by atoms with Crippen LogP contribution in [-0.2, 0) is 35.4 Å². The van der Waals surface area contributed by atoms with Gasteiger partial charge in [0.15, 0.2) is 0 Å². The number of aromatic nitrogens is 6. The third-order valence-electron chi connectivity index (χ3n) is 14.5. The predicted molar refractivity (Wildman–Crippen MR) is 257 cm³/mol. The van der Waals surface area contributed by atoms with E-state index in [2.05, 4.69) is 119 Å². The molecule has 4 fully saturated rings. The van der Waals surface area contributed by atoms with Gasteiger partial charge in [-0.1, -0.05) is 0 Å². The van der Waals surface area contributed by atoms with Crippen LogP contribution in [0.5, 0.6) is 0 Å². The van der Waals surface area contributed by atoms with Crippen LogP contribution in [-0.4, -0.2) is 154 Å². The molecule has 0 unspecified atom stereocenters. The van der Waals surface area contributed by atoms with E-state index in [1.165, 1.54) is 22.5 Å². The third kappa shape index (κ3) is 8.98. The Bertz CT molecular complexity index is 2810. The van der Waals surface area contributed by atoms with Gasteiger partial charge in [0.25, 0.3) is 0 Å². The number of anilines is 2. The normalized spacial score (nSPS) is 24.0. The number of hydrogen-bond donors (Lipinski definition) is 1. The van der Waals surface area contributed by atoms with Crippen LogP contribution in [0.4, 0.5) is 11.4 Å². The zero-order valence-electron chi connectivity index (χ0n) is 38.8. The molecule has 2 aromatic carbocycles. The zero-order chi connectivity index (χ0) is 45.6. The molecule has 6 aliphatic heterocycles. The first-order chi connectivity index (χ1) is 32.7. The number of pyridine rings is 2. The summed E-state index contributed by atoms with van der Waals surface area (Å²) in [7, 11) is 2.17. The lowest BCUT2D eigenvalue weighted by atomic mass is 10.0. The summed E-state index contributed by atoms with van der Waals surface area (Å²) in [6, 6.07) is 21.4. The molecule has 346 valence electrons. The predicted octanol–water partition coefficient (Wildman–Crippen LogP) is 4.54. The second-order valence-corrected chi connectivity index (χ2v) is 19.6. The first-order valence-electron chi connectivity index (χ1n) is 24.1. The minimum absolute atomic E-state index is 0.145. The molecule has 0 aliphatic carbocycles. The summed E-state index contributed by atoms with van der Waals surface area (Å²) in [6.45, 7) is 17.6. The fraction of sp³-hybridized carbons (Fsp3) is 0.490. The zero-order valence-corrected chi connectivity index (χ0v) is 38.8. The molecule has 4 atom stereocenters. The van der Waals surface area contributed by atoms with E-state index in [-0.39, 0.29) is 24.4 Å². The van der Waals surface area contributed by atoms with Gasteiger partial charge in [-0.05, 0) is 99.9 Å². The van der Waals surface area contributed by atoms with Gasteiger partial charge in [0, 0.05) is 132 Å². The Labute approximate surface area is 392 Å². The summed E-state index contributed by atoms with van der Waals surface area (Å²) in [5, 5.41) is 34.1. The monoisotopic (exact) mass is 901 g/mol. The minimum Gasteiger partial charge on any atom is -0.370 e. The number of likely N-dealkylation sites (tertiary alicyclic amines) is 2. The highest BCUT2D eigenvalue weighted by atomic mass is 16.5. The Kier molecular flexibility index (Phi) is 12.1. The van der Waals surface area contributed by atoms with Crippen molar-refractivity contribution in [2.24, 2.45) is 0 Å². The first-order valence-corrected chi connectivity index (χ1v) is 24.1. The van der Waals surface area contributed by atoms with Crippen molar-refractivity contribution < 1.29 is 9.47 Å². The number of morpholine rings is 2. The molecule has 0 bridgehead atoms. The van der Waals surface area contributed by atoms with Crippen molar-refractivity contribution >= 4 is 33.2 Å². The van der Waals surface area contributed by atoms with Crippen LogP contribution in [0.1, 0.15) is 59.6 Å². The average Bonchev–Trinajstić information content (AvgIpc) is 3.94. The Morgan fingerprint density at radius 1 is 0.657 bits per heavy atom. The first kappa shape index (κ1) is 43.6. The Morgan fingerprint density at radius 2 is 1.18 bits per heavy atom. The number of nitriles is 2. The maximum atomic E-state index is 9.48. The Balaban J connectivity index is 0.000000148. The molecule has 4 aromatic heterocycles. The maximum absolute atomic E-state index is 9.48. The second-order valence-electron chi connectivity index (χ2n) is 19.6. The van der Waals surface area contributed by atoms with Gasteiger partial charge in [0.2, 0.25) is 0 Å². The van der Waals surface area contributed by atoms with E-state index in [0.29, 0.717) is 23.2 Å². The molecule has 0 spiro atoms. The van der Waals surface area contributed by atoms with E-state index in [0.717, 1.165) is 138 Å². The largest absolute Gasteiger partial charge is 0.370 e. The molecule has 6 aliphatic rings. The highest BCUT2D eigenvalue weighted by Crippen LogP contribution is 2.34. The molecular weight excluding hydrogens is 841 g/mol. The van der Waals surface area contributed by atoms with E-state index >= 15 is 0 Å². The molecule has 4 saturated heterocycles. The molecule has 67 heavy (non-hydrogen) atoms. The van der Waals surface area contributed by atoms with E-state index in [4.69, 9.17) is 19.7 Å². The summed E-state index contributed by atoms with van der Waals surface area (Å²) in [6.07, 6.45) is 10.8. The van der Waals surface area contributed by atoms with Gasteiger partial charge >= 0.3 is 0 Å². The number of nitrogens with zero attached hydrogens (tertiary/aromatic N) is 13. The summed E-state index contributed by atoms with van der Waals surface area (Å²) >= 11 is 0. The minimum atomic E-state index is 0.145. The van der Waals surface area contributed by atoms with E-state index in [1.54, 1.807) is 12.4 Å². The maximum Gasteiger partial charge on any atom is 0.101 e. The number of benzene rings is 2. The number of rotatable bonds is 8. The average molecular weight is 901 g/mol. The van der Waals surface area contributed by atoms with Gasteiger partial charge in [-0.15, -0.1) is 0 Å². The van der Waals surface area contributed by atoms with E-state index < -0.39 is 0 Å². The smallest absolute Gasteiger partial charge is 0.101 e. The molecular formula is C51H60N14O2. The standard InChI is InChI=1S/C26H31N7O.C25H29N7O/c1-18-11-32(25-6-5-19(10-27)26-23(25)4-3-8-28-26)16-22(34-18)15-31-13-21(14-31)33-12-20-7-9-30(2)17-24(20)29-33;1-17-11-31(24-5-4-18(9-26)25-22(24)3-2-7-28-25)16-21(33-17)15-30-13-20(14-30)32-12-19-6-8-27-10-23(19)29-32/h3-6,8,12,18,21-22H,7,9,11,13-17H2,1-2H3;2-5,7,12,17,20-21,27H,6,8,10-11,13-16H2,1H3/t18-,22+;17-,21+/m11/s1. The molecule has 0 radical (unpaired) electrons. The molecule has 12 rings (SSSR count). The van der Waals surface area contributed by atoms with Gasteiger partial charge in [0.05, 0.1) is 70.0 Å². The van der Waals surface area contributed by atoms with Crippen molar-refractivity contribution in [3.8, 4) is 12.1 Å². The fourth-order valence-corrected chi connectivity index (χ4v) is 11.1. The third-order valence-corrected chi connectivity index (χ3v) is 14.5. The van der Waals surface area contributed by atoms with Crippen molar-refractivity contribution in [3.63, 3.8) is 0 Å². The SMILES string of the molecule is C[C@@H]1CN(c2ccc(C#N)c3ncccc23)C[C@H](CN2CC(n3cc4c(n3)CN(C)CC4)C2)O1.C[C@@H]1CN(c2ccc(C#N)c3ncccc23)C[C@H](CN2CC(n3cc4c(n3)CNCC4)C2)O1. The van der Waals surface area contributed by atoms with Gasteiger partial charge < -0.3 is 29.5 Å². The van der Waals surface area contributed by atoms with Crippen LogP contribution in [0.3, 0.4) is 0 Å². The summed E-state index contributed by atoms with van der Waals surface area (Å²) < 4.78 is 17.1. The highest BCUT2D eigenvalue weighted by Gasteiger charge is 2.37. The van der Waals surface area contributed by atoms with Crippen LogP contribution in [0.2, 0.25) is 0 Å². The van der Waals surface area contributed by atoms with Gasteiger partial charge in [-0.25, -0.2) is 0 Å². The lowest BCUT2D eigenvalue weighted by Crippen LogP contribution is -2.56. The van der Waals surface area contributed by atoms with Crippen molar-refractivity contribution in [1.29, 1.82) is 10.5 Å². The molecule has 16 heteroatoms. The molecule has 16 nitrogen and oxygen atoms in total. The number of fused-ring (bicyclic) bond motifs is 4. The number of likely N-dealkylation sites (N-methyl/N-ethyl adjacent to an activating group) is 1. The van der Waals surface area contributed by atoms with Crippen LogP contribution in [0.25, 0.3) is 21.8 Å². The number of ether oxygens (including phenoxy) is 2. The van der Waals surface area contributed by atoms with Crippen molar-refractivity contribution in [2.75, 3.05) is 95.4 Å². The quantitative estimate of drug-likeness (QED) is 0.227. The topological polar surface area (TPSA) is 156 Å². The van der Waals surface area contributed by atoms with E-state index in [1.807, 2.05) is 24.3 Å². The Hall–Kier alpha value is -5.98. The molecule has 10 heterocycles. The van der Waals surface area contributed by atoms with Gasteiger partial charge in [-0.2, -0.15) is 20.7 Å². The summed E-state index contributed by atoms with van der Waals surface area (Å²) in [5.41, 5.74) is 10.3. The molecule has 1 N–H and O–H groups in total. The highest BCUT2D eigenvalue weighted by molar-refractivity contribution is 5.96. The van der Waals surface area contributed by atoms with Gasteiger partial charge in [0.1, 0.15) is 12.1 Å². The number of hydrogen-bond acceptors (Lipinski definition) is 14. The van der Waals surface area contributed by atoms with Crippen molar-refractivity contribution in [3.05, 3.63) is 107 Å². The Morgan fingerprint density at radius 3 is 1.70 bits per heavy atom. The van der Waals surface area contributed by atoms with Crippen LogP contribution in [0, 0.1) is 22.7 Å². The lowest BCUT2D eigenvalue weighted by Gasteiger charge is -2.44. The van der Waals surface area contributed by atoms with Crippen LogP contribution >= 0.6 is 0 Å². The number of nitrogens with one attached hydrogen (secondary N) is 1. The lowest BCUT2D eigenvalue weighted by molar-refractivity contribution is -0.0491. The second kappa shape index (κ2) is 18.6. The van der Waals surface area contributed by atoms with E-state index in [9.17, 15) is 10.5 Å². The van der Waals surface area contributed by atoms with Crippen LogP contribution < -0.4 is 15.1 Å². The summed E-state index contributed by atoms with van der Waals surface area (Å²) in [5.74, 6) is 0. The summed E-state index contributed by atoms with van der Waals surface area (Å²) in [4.78, 5) is 21.1. The molecule has 6 aromatic rings. The molecule has 0 amide bonds. The molecule has 0 saturated carbocycles. The van der Waals surface area contributed by atoms with Crippen molar-refractivity contribution in [1.82, 2.24) is 49.5 Å². The van der Waals surface area contributed by atoms with Crippen LogP contribution in [0.15, 0.2) is 73.3 Å². The van der Waals surface area contributed by atoms with Gasteiger partial charge in [-0.3, -0.25) is 29.1 Å². The fourth-order valence-electron chi connectivity index (χ4n) is 11.1. The van der Waals surface area contributed by atoms with Crippen molar-refractivity contribution in [2.45, 2.75) is 76.3 Å².